The number of nitrogens with zero attached hydrogens (tertiary/aromatic N) is 3. The zero-order chi connectivity index (χ0) is 39.4. The average molecular weight is 764 g/mol. The maximum Gasteiger partial charge on any atom is 0.132 e. The molecule has 278 valence electrons. The van der Waals surface area contributed by atoms with Gasteiger partial charge in [0.25, 0.3) is 0 Å². The number of hydrogen-bond acceptors (Lipinski definition) is 4. The predicted molar refractivity (Wildman–Crippen MR) is 244 cm³/mol. The summed E-state index contributed by atoms with van der Waals surface area (Å²) in [7, 11) is 0. The highest BCUT2D eigenvalue weighted by Gasteiger charge is 2.51. The molecule has 0 unspecified atom stereocenters. The first-order valence-electron chi connectivity index (χ1n) is 20.4. The summed E-state index contributed by atoms with van der Waals surface area (Å²) >= 11 is 0. The van der Waals surface area contributed by atoms with E-state index in [0.29, 0.717) is 0 Å². The third kappa shape index (κ3) is 4.59. The second kappa shape index (κ2) is 12.5. The van der Waals surface area contributed by atoms with Crippen LogP contribution in [0.5, 0.6) is 11.5 Å². The molecule has 4 heterocycles. The molecule has 1 aliphatic carbocycles. The monoisotopic (exact) mass is 763 g/mol. The van der Waals surface area contributed by atoms with Gasteiger partial charge in [-0.05, 0) is 58.0 Å². The van der Waals surface area contributed by atoms with Gasteiger partial charge >= 0.3 is 0 Å². The van der Waals surface area contributed by atoms with Crippen LogP contribution in [0, 0.1) is 0 Å². The molecule has 0 bridgehead atoms. The van der Waals surface area contributed by atoms with Gasteiger partial charge in [-0.2, -0.15) is 0 Å². The lowest BCUT2D eigenvalue weighted by Crippen LogP contribution is -2.32. The van der Waals surface area contributed by atoms with E-state index in [0.717, 1.165) is 94.5 Å². The minimum Gasteiger partial charge on any atom is -0.457 e. The molecule has 0 fully saturated rings. The molecule has 11 aromatic rings. The van der Waals surface area contributed by atoms with Gasteiger partial charge in [-0.25, -0.2) is 15.0 Å². The quantitative estimate of drug-likeness (QED) is 0.168. The molecule has 1 spiro atoms. The Labute approximate surface area is 346 Å². The van der Waals surface area contributed by atoms with Crippen molar-refractivity contribution in [1.82, 2.24) is 15.0 Å². The molecule has 0 atom stereocenters. The first kappa shape index (κ1) is 33.1. The molecule has 0 amide bonds. The van der Waals surface area contributed by atoms with E-state index in [4.69, 9.17) is 19.7 Å². The van der Waals surface area contributed by atoms with Crippen LogP contribution in [-0.2, 0) is 5.41 Å². The number of hydrogen-bond donors (Lipinski definition) is 0. The van der Waals surface area contributed by atoms with Crippen LogP contribution in [0.25, 0.3) is 88.4 Å². The van der Waals surface area contributed by atoms with E-state index in [1.807, 2.05) is 18.2 Å². The van der Waals surface area contributed by atoms with Gasteiger partial charge < -0.3 is 4.74 Å². The summed E-state index contributed by atoms with van der Waals surface area (Å²) < 4.78 is 6.63. The fraction of sp³-hybridized carbons (Fsp3) is 0.0179. The molecular weight excluding hydrogens is 731 g/mol. The Hall–Kier alpha value is -7.95. The molecule has 4 nitrogen and oxygen atoms in total. The van der Waals surface area contributed by atoms with E-state index < -0.39 is 5.41 Å². The molecule has 0 saturated carbocycles. The molecule has 13 rings (SSSR count). The summed E-state index contributed by atoms with van der Waals surface area (Å²) in [4.78, 5) is 16.1. The molecule has 0 saturated heterocycles. The second-order valence-electron chi connectivity index (χ2n) is 15.8. The van der Waals surface area contributed by atoms with E-state index in [9.17, 15) is 0 Å². The molecular formula is C56H33N3O. The fourth-order valence-corrected chi connectivity index (χ4v) is 10.1. The number of pyridine rings is 3. The Bertz CT molecular complexity index is 3530. The van der Waals surface area contributed by atoms with E-state index in [2.05, 4.69) is 182 Å². The van der Waals surface area contributed by atoms with Crippen LogP contribution < -0.4 is 4.74 Å². The normalized spacial score (nSPS) is 13.3. The Morgan fingerprint density at radius 1 is 0.383 bits per heavy atom. The number of ether oxygens (including phenoxy) is 1. The number of para-hydroxylation sites is 2. The van der Waals surface area contributed by atoms with Gasteiger partial charge in [0.2, 0.25) is 0 Å². The van der Waals surface area contributed by atoms with Crippen LogP contribution in [-0.4, -0.2) is 15.0 Å². The third-order valence-corrected chi connectivity index (χ3v) is 12.7. The Morgan fingerprint density at radius 2 is 0.933 bits per heavy atom. The van der Waals surface area contributed by atoms with E-state index >= 15 is 0 Å². The number of benzene rings is 8. The van der Waals surface area contributed by atoms with Crippen molar-refractivity contribution in [2.75, 3.05) is 0 Å². The third-order valence-electron chi connectivity index (χ3n) is 12.7. The maximum atomic E-state index is 6.63. The zero-order valence-electron chi connectivity index (χ0n) is 32.3. The fourth-order valence-electron chi connectivity index (χ4n) is 10.1. The van der Waals surface area contributed by atoms with Crippen LogP contribution in [0.4, 0.5) is 0 Å². The Kier molecular flexibility index (Phi) is 6.90. The van der Waals surface area contributed by atoms with Crippen LogP contribution in [0.3, 0.4) is 0 Å². The summed E-state index contributed by atoms with van der Waals surface area (Å²) in [5, 5.41) is 5.54. The summed E-state index contributed by atoms with van der Waals surface area (Å²) in [6.07, 6.45) is 0. The highest BCUT2D eigenvalue weighted by Crippen LogP contribution is 2.63. The summed E-state index contributed by atoms with van der Waals surface area (Å²) in [5.41, 5.74) is 15.3. The van der Waals surface area contributed by atoms with E-state index in [1.165, 1.54) is 27.6 Å². The van der Waals surface area contributed by atoms with Crippen molar-refractivity contribution in [3.8, 4) is 56.4 Å². The molecule has 3 aromatic heterocycles. The number of rotatable bonds is 3. The largest absolute Gasteiger partial charge is 0.457 e. The highest BCUT2D eigenvalue weighted by molar-refractivity contribution is 6.19. The molecule has 60 heavy (non-hydrogen) atoms. The van der Waals surface area contributed by atoms with Crippen molar-refractivity contribution in [3.63, 3.8) is 0 Å². The Balaban J connectivity index is 1.06. The first-order chi connectivity index (χ1) is 29.7. The molecule has 4 heteroatoms. The minimum absolute atomic E-state index is 0.568. The van der Waals surface area contributed by atoms with Crippen LogP contribution >= 0.6 is 0 Å². The topological polar surface area (TPSA) is 47.9 Å². The van der Waals surface area contributed by atoms with E-state index in [-0.39, 0.29) is 0 Å². The SMILES string of the molecule is c1ccc(-c2ccc3ccc4ccc(-c5ccc6c(c5)nc(-c5ccccc5)c5c7c(ccc56)C5(c6ccccc6Oc6ccccc65)c5ccccc5-7)nc4c3n2)cc1. The van der Waals surface area contributed by atoms with Crippen molar-refractivity contribution in [2.24, 2.45) is 0 Å². The lowest BCUT2D eigenvalue weighted by molar-refractivity contribution is 0.436. The zero-order valence-corrected chi connectivity index (χ0v) is 32.3. The molecule has 8 aromatic carbocycles. The van der Waals surface area contributed by atoms with E-state index in [1.54, 1.807) is 0 Å². The van der Waals surface area contributed by atoms with Crippen molar-refractivity contribution in [2.45, 2.75) is 5.41 Å². The van der Waals surface area contributed by atoms with Gasteiger partial charge in [0.1, 0.15) is 11.5 Å². The summed E-state index contributed by atoms with van der Waals surface area (Å²) in [6.45, 7) is 0. The number of aromatic nitrogens is 3. The van der Waals surface area contributed by atoms with Crippen molar-refractivity contribution in [3.05, 3.63) is 222 Å². The second-order valence-corrected chi connectivity index (χ2v) is 15.8. The highest BCUT2D eigenvalue weighted by atomic mass is 16.5. The van der Waals surface area contributed by atoms with Gasteiger partial charge in [-0.3, -0.25) is 0 Å². The van der Waals surface area contributed by atoms with Gasteiger partial charge in [-0.1, -0.05) is 170 Å². The lowest BCUT2D eigenvalue weighted by Gasteiger charge is -2.39. The van der Waals surface area contributed by atoms with Gasteiger partial charge in [0.05, 0.1) is 39.0 Å². The van der Waals surface area contributed by atoms with Crippen molar-refractivity contribution in [1.29, 1.82) is 0 Å². The smallest absolute Gasteiger partial charge is 0.132 e. The van der Waals surface area contributed by atoms with Gasteiger partial charge in [-0.15, -0.1) is 0 Å². The van der Waals surface area contributed by atoms with Crippen LogP contribution in [0.1, 0.15) is 22.3 Å². The van der Waals surface area contributed by atoms with Crippen molar-refractivity contribution < 1.29 is 4.74 Å². The Morgan fingerprint density at radius 3 is 1.62 bits per heavy atom. The first-order valence-corrected chi connectivity index (χ1v) is 20.4. The lowest BCUT2D eigenvalue weighted by atomic mass is 9.66. The molecule has 0 radical (unpaired) electrons. The minimum atomic E-state index is -0.568. The standard InChI is InChI=1S/C56H33N3O/c1-3-13-34(14-4-1)46-31-26-36-23-24-37-27-32-47(58-55(37)54(36)57-46)38-25-28-39-40-29-30-45-51(52(40)53(59-48(39)33-38)35-15-5-2-6-16-35)41-17-7-8-18-42(41)56(45)43-19-9-11-21-49(43)60-50-22-12-10-20-44(50)56/h1-33H. The molecule has 1 aliphatic heterocycles. The van der Waals surface area contributed by atoms with Crippen LogP contribution in [0.2, 0.25) is 0 Å². The average Bonchev–Trinajstić information content (AvgIpc) is 3.62. The summed E-state index contributed by atoms with van der Waals surface area (Å²) in [5.74, 6) is 1.77. The van der Waals surface area contributed by atoms with Crippen molar-refractivity contribution >= 4 is 43.5 Å². The summed E-state index contributed by atoms with van der Waals surface area (Å²) in [6, 6.07) is 71.1. The molecule has 0 N–H and O–H groups in total. The predicted octanol–water partition coefficient (Wildman–Crippen LogP) is 14.0. The van der Waals surface area contributed by atoms with Gasteiger partial charge in [0.15, 0.2) is 0 Å². The van der Waals surface area contributed by atoms with Crippen LogP contribution in [0.15, 0.2) is 200 Å². The molecule has 2 aliphatic rings. The number of fused-ring (bicyclic) bond motifs is 16. The van der Waals surface area contributed by atoms with Gasteiger partial charge in [0, 0.05) is 49.4 Å². The maximum absolute atomic E-state index is 6.63.